The van der Waals surface area contributed by atoms with Gasteiger partial charge in [0.25, 0.3) is 0 Å². The fourth-order valence-corrected chi connectivity index (χ4v) is 4.92. The molecule has 2 aliphatic heterocycles. The van der Waals surface area contributed by atoms with Crippen LogP contribution in [0.1, 0.15) is 37.7 Å². The van der Waals surface area contributed by atoms with Crippen molar-refractivity contribution in [3.63, 3.8) is 0 Å². The lowest BCUT2D eigenvalue weighted by molar-refractivity contribution is 0.209. The van der Waals surface area contributed by atoms with Gasteiger partial charge in [-0.2, -0.15) is 0 Å². The Bertz CT molecular complexity index is 1100. The normalized spacial score (nSPS) is 20.1. The molecule has 0 amide bonds. The first-order chi connectivity index (χ1) is 14.6. The smallest absolute Gasteiger partial charge is 0.160 e. The second kappa shape index (κ2) is 8.12. The summed E-state index contributed by atoms with van der Waals surface area (Å²) in [5, 5.41) is 1.77. The molecule has 3 aliphatic rings. The summed E-state index contributed by atoms with van der Waals surface area (Å²) in [6.45, 7) is 3.43. The van der Waals surface area contributed by atoms with E-state index in [0.29, 0.717) is 11.5 Å². The van der Waals surface area contributed by atoms with Crippen molar-refractivity contribution in [2.24, 2.45) is 15.9 Å². The summed E-state index contributed by atoms with van der Waals surface area (Å²) in [5.74, 6) is 1.30. The minimum atomic E-state index is -0.176. The number of allylic oxidation sites excluding steroid dienone is 4. The number of aromatic nitrogens is 1. The predicted octanol–water partition coefficient (Wildman–Crippen LogP) is 5.76. The average Bonchev–Trinajstić information content (AvgIpc) is 3.30. The molecule has 1 aliphatic carbocycles. The number of fused-ring (bicyclic) bond motifs is 2. The molecule has 0 radical (unpaired) electrons. The number of benzene rings is 1. The summed E-state index contributed by atoms with van der Waals surface area (Å²) in [7, 11) is 2.21. The lowest BCUT2D eigenvalue weighted by atomic mass is 9.92. The van der Waals surface area contributed by atoms with Gasteiger partial charge in [-0.25, -0.2) is 14.4 Å². The number of piperidine rings is 1. The largest absolute Gasteiger partial charge is 0.346 e. The van der Waals surface area contributed by atoms with Gasteiger partial charge < -0.3 is 9.47 Å². The van der Waals surface area contributed by atoms with Crippen LogP contribution in [0.25, 0.3) is 10.9 Å². The highest BCUT2D eigenvalue weighted by molar-refractivity contribution is 6.35. The third kappa shape index (κ3) is 3.88. The third-order valence-corrected chi connectivity index (χ3v) is 6.76. The Labute approximate surface area is 181 Å². The molecule has 3 heterocycles. The highest BCUT2D eigenvalue weighted by atomic mass is 35.5. The van der Waals surface area contributed by atoms with Crippen LogP contribution in [0.4, 0.5) is 4.39 Å². The maximum absolute atomic E-state index is 13.5. The van der Waals surface area contributed by atoms with Crippen molar-refractivity contribution in [2.45, 2.75) is 38.6 Å². The zero-order chi connectivity index (χ0) is 20.7. The molecule has 1 aromatic carbocycles. The number of amidine groups is 1. The van der Waals surface area contributed by atoms with E-state index < -0.39 is 0 Å². The first-order valence-electron chi connectivity index (χ1n) is 10.8. The minimum Gasteiger partial charge on any atom is -0.346 e. The van der Waals surface area contributed by atoms with E-state index >= 15 is 0 Å². The summed E-state index contributed by atoms with van der Waals surface area (Å²) in [4.78, 5) is 11.5. The topological polar surface area (TPSA) is 32.9 Å². The van der Waals surface area contributed by atoms with Crippen LogP contribution in [0.5, 0.6) is 0 Å². The van der Waals surface area contributed by atoms with Gasteiger partial charge in [-0.15, -0.1) is 0 Å². The molecule has 6 heteroatoms. The summed E-state index contributed by atoms with van der Waals surface area (Å²) in [6.07, 6.45) is 10.5. The number of hydrogen-bond acceptors (Lipinski definition) is 3. The van der Waals surface area contributed by atoms with Crippen LogP contribution in [0, 0.1) is 5.92 Å². The molecule has 0 N–H and O–H groups in total. The summed E-state index contributed by atoms with van der Waals surface area (Å²) >= 11 is 6.57. The van der Waals surface area contributed by atoms with E-state index in [1.54, 1.807) is 6.08 Å². The Balaban J connectivity index is 1.30. The Morgan fingerprint density at radius 1 is 1.17 bits per heavy atom. The molecule has 1 fully saturated rings. The van der Waals surface area contributed by atoms with Gasteiger partial charge in [0.1, 0.15) is 5.83 Å². The van der Waals surface area contributed by atoms with Crippen LogP contribution < -0.4 is 0 Å². The number of aliphatic imine (C=N–C) groups is 2. The first-order valence-corrected chi connectivity index (χ1v) is 11.1. The lowest BCUT2D eigenvalue weighted by Crippen LogP contribution is -2.30. The molecule has 0 atom stereocenters. The van der Waals surface area contributed by atoms with Crippen molar-refractivity contribution in [1.82, 2.24) is 9.47 Å². The zero-order valence-electron chi connectivity index (χ0n) is 17.2. The van der Waals surface area contributed by atoms with Gasteiger partial charge in [-0.1, -0.05) is 11.6 Å². The first kappa shape index (κ1) is 19.7. The van der Waals surface area contributed by atoms with E-state index in [-0.39, 0.29) is 12.2 Å². The molecular formula is C24H26ClFN4. The van der Waals surface area contributed by atoms with Gasteiger partial charge in [0.2, 0.25) is 0 Å². The number of aryl methyl sites for hydroxylation is 1. The summed E-state index contributed by atoms with van der Waals surface area (Å²) in [6, 6.07) is 6.19. The van der Waals surface area contributed by atoms with Crippen LogP contribution in [0.15, 0.2) is 58.1 Å². The van der Waals surface area contributed by atoms with Crippen molar-refractivity contribution in [3.05, 3.63) is 58.7 Å². The van der Waals surface area contributed by atoms with E-state index in [0.717, 1.165) is 39.6 Å². The van der Waals surface area contributed by atoms with Gasteiger partial charge in [0.15, 0.2) is 5.84 Å². The molecule has 0 saturated carbocycles. The van der Waals surface area contributed by atoms with E-state index in [2.05, 4.69) is 38.6 Å². The summed E-state index contributed by atoms with van der Waals surface area (Å²) in [5.41, 5.74) is 3.51. The van der Waals surface area contributed by atoms with Crippen LogP contribution in [-0.4, -0.2) is 41.2 Å². The molecule has 2 aromatic rings. The van der Waals surface area contributed by atoms with Crippen molar-refractivity contribution < 1.29 is 4.39 Å². The van der Waals surface area contributed by atoms with Gasteiger partial charge in [-0.3, -0.25) is 0 Å². The van der Waals surface area contributed by atoms with E-state index in [1.807, 2.05) is 12.3 Å². The average molecular weight is 425 g/mol. The maximum Gasteiger partial charge on any atom is 0.160 e. The standard InChI is InChI=1S/C24H26ClFN4/c1-29-11-8-16(9-12-29)3-2-10-30-15-20(25)19-13-17(4-7-23(19)30)24-27-21-6-5-18(26)14-22(21)28-24/h4-7,13,15-16H,2-3,8-12,14H2,1H3. The van der Waals surface area contributed by atoms with Crippen LogP contribution in [0.3, 0.4) is 0 Å². The number of nitrogens with zero attached hydrogens (tertiary/aromatic N) is 4. The zero-order valence-corrected chi connectivity index (χ0v) is 18.0. The van der Waals surface area contributed by atoms with Crippen LogP contribution in [-0.2, 0) is 6.54 Å². The molecule has 4 nitrogen and oxygen atoms in total. The Morgan fingerprint density at radius 2 is 2.00 bits per heavy atom. The lowest BCUT2D eigenvalue weighted by Gasteiger charge is -2.28. The molecular weight excluding hydrogens is 399 g/mol. The van der Waals surface area contributed by atoms with Crippen molar-refractivity contribution >= 4 is 34.1 Å². The highest BCUT2D eigenvalue weighted by Crippen LogP contribution is 2.30. The third-order valence-electron chi connectivity index (χ3n) is 6.46. The van der Waals surface area contributed by atoms with Crippen molar-refractivity contribution in [1.29, 1.82) is 0 Å². The van der Waals surface area contributed by atoms with E-state index in [9.17, 15) is 4.39 Å². The molecule has 1 aromatic heterocycles. The fraction of sp³-hybridized carbons (Fsp3) is 0.417. The Hall–Kier alpha value is -2.24. The number of likely N-dealkylation sites (tertiary alicyclic amines) is 1. The molecule has 5 rings (SSSR count). The SMILES string of the molecule is CN1CCC(CCCn2cc(Cl)c3cc(C4=NC5=CC=C(F)CC5=N4)ccc32)CC1. The van der Waals surface area contributed by atoms with Gasteiger partial charge in [0, 0.05) is 35.6 Å². The highest BCUT2D eigenvalue weighted by Gasteiger charge is 2.22. The Morgan fingerprint density at radius 3 is 2.83 bits per heavy atom. The minimum absolute atomic E-state index is 0.176. The molecule has 0 unspecified atom stereocenters. The second-order valence-electron chi connectivity index (χ2n) is 8.63. The summed E-state index contributed by atoms with van der Waals surface area (Å²) < 4.78 is 15.8. The quantitative estimate of drug-likeness (QED) is 0.600. The Kier molecular flexibility index (Phi) is 5.34. The van der Waals surface area contributed by atoms with Gasteiger partial charge in [-0.05, 0) is 82.1 Å². The molecule has 0 bridgehead atoms. The molecule has 1 saturated heterocycles. The van der Waals surface area contributed by atoms with Crippen LogP contribution >= 0.6 is 11.6 Å². The van der Waals surface area contributed by atoms with E-state index in [4.69, 9.17) is 11.6 Å². The van der Waals surface area contributed by atoms with Crippen LogP contribution in [0.2, 0.25) is 5.02 Å². The number of rotatable bonds is 5. The number of hydrogen-bond donors (Lipinski definition) is 0. The van der Waals surface area contributed by atoms with Gasteiger partial charge in [0.05, 0.1) is 16.4 Å². The fourth-order valence-electron chi connectivity index (χ4n) is 4.65. The monoisotopic (exact) mass is 424 g/mol. The van der Waals surface area contributed by atoms with Crippen molar-refractivity contribution in [2.75, 3.05) is 20.1 Å². The maximum atomic E-state index is 13.5. The second-order valence-corrected chi connectivity index (χ2v) is 9.03. The van der Waals surface area contributed by atoms with E-state index in [1.165, 1.54) is 44.8 Å². The molecule has 30 heavy (non-hydrogen) atoms. The molecule has 156 valence electrons. The number of halogens is 2. The van der Waals surface area contributed by atoms with Crippen molar-refractivity contribution in [3.8, 4) is 0 Å². The van der Waals surface area contributed by atoms with Gasteiger partial charge >= 0.3 is 0 Å². The predicted molar refractivity (Wildman–Crippen MR) is 122 cm³/mol. The molecule has 0 spiro atoms.